The molecule has 2 aromatic rings. The van der Waals surface area contributed by atoms with Crippen molar-refractivity contribution in [2.45, 2.75) is 40.3 Å². The second kappa shape index (κ2) is 7.32. The average Bonchev–Trinajstić information content (AvgIpc) is 2.80. The molecule has 114 valence electrons. The maximum absolute atomic E-state index is 5.84. The minimum Gasteiger partial charge on any atom is -0.465 e. The van der Waals surface area contributed by atoms with E-state index in [1.54, 1.807) is 0 Å². The number of anilines is 1. The van der Waals surface area contributed by atoms with Crippen molar-refractivity contribution < 1.29 is 4.42 Å². The fourth-order valence-corrected chi connectivity index (χ4v) is 2.55. The first kappa shape index (κ1) is 15.6. The molecule has 1 heterocycles. The lowest BCUT2D eigenvalue weighted by Gasteiger charge is -2.21. The van der Waals surface area contributed by atoms with Crippen LogP contribution in [0.25, 0.3) is 0 Å². The quantitative estimate of drug-likeness (QED) is 0.779. The Morgan fingerprint density at radius 2 is 1.95 bits per heavy atom. The molecule has 0 atom stereocenters. The van der Waals surface area contributed by atoms with Crippen LogP contribution < -0.4 is 10.2 Å². The zero-order valence-electron chi connectivity index (χ0n) is 13.6. The van der Waals surface area contributed by atoms with Crippen molar-refractivity contribution in [2.24, 2.45) is 0 Å². The van der Waals surface area contributed by atoms with E-state index in [2.05, 4.69) is 61.4 Å². The van der Waals surface area contributed by atoms with E-state index >= 15 is 0 Å². The van der Waals surface area contributed by atoms with E-state index in [1.807, 2.05) is 6.92 Å². The Balaban J connectivity index is 2.04. The van der Waals surface area contributed by atoms with Crippen molar-refractivity contribution in [2.75, 3.05) is 18.5 Å². The molecule has 0 radical (unpaired) electrons. The summed E-state index contributed by atoms with van der Waals surface area (Å²) in [5.74, 6) is 2.04. The van der Waals surface area contributed by atoms with E-state index in [9.17, 15) is 0 Å². The van der Waals surface area contributed by atoms with Crippen molar-refractivity contribution in [1.29, 1.82) is 0 Å². The molecule has 0 unspecified atom stereocenters. The largest absolute Gasteiger partial charge is 0.465 e. The normalized spacial score (nSPS) is 10.9. The fraction of sp³-hybridized carbons (Fsp3) is 0.444. The Hall–Kier alpha value is -1.74. The van der Waals surface area contributed by atoms with Gasteiger partial charge >= 0.3 is 0 Å². The van der Waals surface area contributed by atoms with Crippen molar-refractivity contribution >= 4 is 5.69 Å². The van der Waals surface area contributed by atoms with Crippen LogP contribution in [0.15, 0.2) is 34.7 Å². The van der Waals surface area contributed by atoms with Crippen LogP contribution in [-0.2, 0) is 13.1 Å². The summed E-state index contributed by atoms with van der Waals surface area (Å²) >= 11 is 0. The average molecular weight is 286 g/mol. The van der Waals surface area contributed by atoms with Gasteiger partial charge in [-0.15, -0.1) is 0 Å². The molecule has 0 aliphatic rings. The molecule has 21 heavy (non-hydrogen) atoms. The SMILES string of the molecule is CCCNCc1cc(CN(C)c2ccccc2C)c(C)o1. The number of rotatable bonds is 7. The van der Waals surface area contributed by atoms with Crippen LogP contribution in [0, 0.1) is 13.8 Å². The number of furan rings is 1. The maximum Gasteiger partial charge on any atom is 0.118 e. The molecular weight excluding hydrogens is 260 g/mol. The standard InChI is InChI=1S/C18H26N2O/c1-5-10-19-12-17-11-16(15(3)21-17)13-20(4)18-9-7-6-8-14(18)2/h6-9,11,19H,5,10,12-13H2,1-4H3. The molecule has 3 nitrogen and oxygen atoms in total. The topological polar surface area (TPSA) is 28.4 Å². The summed E-state index contributed by atoms with van der Waals surface area (Å²) < 4.78 is 5.84. The van der Waals surface area contributed by atoms with Gasteiger partial charge < -0.3 is 14.6 Å². The molecule has 0 aliphatic heterocycles. The number of para-hydroxylation sites is 1. The third-order valence-corrected chi connectivity index (χ3v) is 3.73. The minimum atomic E-state index is 0.808. The van der Waals surface area contributed by atoms with Crippen LogP contribution in [0.3, 0.4) is 0 Å². The second-order valence-electron chi connectivity index (χ2n) is 5.61. The zero-order chi connectivity index (χ0) is 15.2. The summed E-state index contributed by atoms with van der Waals surface area (Å²) in [6, 6.07) is 10.6. The van der Waals surface area contributed by atoms with E-state index in [-0.39, 0.29) is 0 Å². The third-order valence-electron chi connectivity index (χ3n) is 3.73. The first-order valence-corrected chi connectivity index (χ1v) is 7.67. The molecule has 1 N–H and O–H groups in total. The predicted molar refractivity (Wildman–Crippen MR) is 88.7 cm³/mol. The van der Waals surface area contributed by atoms with Gasteiger partial charge in [-0.2, -0.15) is 0 Å². The summed E-state index contributed by atoms with van der Waals surface area (Å²) in [5.41, 5.74) is 3.82. The van der Waals surface area contributed by atoms with Gasteiger partial charge in [-0.1, -0.05) is 25.1 Å². The molecule has 0 saturated carbocycles. The van der Waals surface area contributed by atoms with Crippen molar-refractivity contribution in [1.82, 2.24) is 5.32 Å². The molecule has 0 spiro atoms. The highest BCUT2D eigenvalue weighted by atomic mass is 16.3. The van der Waals surface area contributed by atoms with Gasteiger partial charge in [0.05, 0.1) is 6.54 Å². The lowest BCUT2D eigenvalue weighted by Crippen LogP contribution is -2.17. The Morgan fingerprint density at radius 3 is 2.67 bits per heavy atom. The third kappa shape index (κ3) is 4.11. The van der Waals surface area contributed by atoms with E-state index in [0.29, 0.717) is 0 Å². The number of aryl methyl sites for hydroxylation is 2. The van der Waals surface area contributed by atoms with Crippen LogP contribution in [0.4, 0.5) is 5.69 Å². The minimum absolute atomic E-state index is 0.808. The fourth-order valence-electron chi connectivity index (χ4n) is 2.55. The molecule has 0 saturated heterocycles. The van der Waals surface area contributed by atoms with E-state index in [0.717, 1.165) is 37.6 Å². The summed E-state index contributed by atoms with van der Waals surface area (Å²) in [7, 11) is 2.13. The van der Waals surface area contributed by atoms with E-state index in [1.165, 1.54) is 16.8 Å². The Bertz CT molecular complexity index is 574. The molecule has 1 aromatic carbocycles. The van der Waals surface area contributed by atoms with Gasteiger partial charge in [0, 0.05) is 24.8 Å². The lowest BCUT2D eigenvalue weighted by atomic mass is 10.1. The van der Waals surface area contributed by atoms with Crippen LogP contribution in [0.2, 0.25) is 0 Å². The highest BCUT2D eigenvalue weighted by molar-refractivity contribution is 5.52. The molecule has 0 amide bonds. The maximum atomic E-state index is 5.84. The molecule has 2 rings (SSSR count). The van der Waals surface area contributed by atoms with Crippen LogP contribution >= 0.6 is 0 Å². The summed E-state index contributed by atoms with van der Waals surface area (Å²) in [6.45, 7) is 9.07. The smallest absolute Gasteiger partial charge is 0.118 e. The van der Waals surface area contributed by atoms with Crippen molar-refractivity contribution in [3.8, 4) is 0 Å². The van der Waals surface area contributed by atoms with Crippen LogP contribution in [-0.4, -0.2) is 13.6 Å². The molecule has 3 heteroatoms. The molecule has 0 bridgehead atoms. The van der Waals surface area contributed by atoms with Gasteiger partial charge in [-0.3, -0.25) is 0 Å². The highest BCUT2D eigenvalue weighted by Gasteiger charge is 2.11. The van der Waals surface area contributed by atoms with Gasteiger partial charge in [-0.25, -0.2) is 0 Å². The number of nitrogens with one attached hydrogen (secondary N) is 1. The number of hydrogen-bond acceptors (Lipinski definition) is 3. The summed E-state index contributed by atoms with van der Waals surface area (Å²) in [4.78, 5) is 2.27. The predicted octanol–water partition coefficient (Wildman–Crippen LogP) is 4.03. The Morgan fingerprint density at radius 1 is 1.19 bits per heavy atom. The Labute approximate surface area is 128 Å². The van der Waals surface area contributed by atoms with E-state index in [4.69, 9.17) is 4.42 Å². The zero-order valence-corrected chi connectivity index (χ0v) is 13.6. The Kier molecular flexibility index (Phi) is 5.45. The van der Waals surface area contributed by atoms with Crippen molar-refractivity contribution in [3.63, 3.8) is 0 Å². The molecular formula is C18H26N2O. The van der Waals surface area contributed by atoms with Gasteiger partial charge in [0.15, 0.2) is 0 Å². The highest BCUT2D eigenvalue weighted by Crippen LogP contribution is 2.22. The first-order chi connectivity index (χ1) is 10.1. The van der Waals surface area contributed by atoms with Gasteiger partial charge in [0.2, 0.25) is 0 Å². The monoisotopic (exact) mass is 286 g/mol. The number of nitrogens with zero attached hydrogens (tertiary/aromatic N) is 1. The summed E-state index contributed by atoms with van der Waals surface area (Å²) in [6.07, 6.45) is 1.14. The van der Waals surface area contributed by atoms with Crippen molar-refractivity contribution in [3.05, 3.63) is 53.0 Å². The summed E-state index contributed by atoms with van der Waals surface area (Å²) in [5, 5.41) is 3.38. The first-order valence-electron chi connectivity index (χ1n) is 7.67. The second-order valence-corrected chi connectivity index (χ2v) is 5.61. The van der Waals surface area contributed by atoms with E-state index < -0.39 is 0 Å². The van der Waals surface area contributed by atoms with Gasteiger partial charge in [0.1, 0.15) is 11.5 Å². The molecule has 0 aliphatic carbocycles. The molecule has 1 aromatic heterocycles. The van der Waals surface area contributed by atoms with Crippen LogP contribution in [0.5, 0.6) is 0 Å². The van der Waals surface area contributed by atoms with Gasteiger partial charge in [0.25, 0.3) is 0 Å². The lowest BCUT2D eigenvalue weighted by molar-refractivity contribution is 0.460. The number of hydrogen-bond donors (Lipinski definition) is 1. The molecule has 0 fully saturated rings. The van der Waals surface area contributed by atoms with Gasteiger partial charge in [-0.05, 0) is 44.5 Å². The number of benzene rings is 1. The van der Waals surface area contributed by atoms with Crippen LogP contribution in [0.1, 0.15) is 36.0 Å².